The van der Waals surface area contributed by atoms with Gasteiger partial charge in [-0.05, 0) is 56.7 Å². The number of carbonyl (C=O) groups excluding carboxylic acids is 1. The summed E-state index contributed by atoms with van der Waals surface area (Å²) in [7, 11) is 1.98. The topological polar surface area (TPSA) is 52.6 Å². The summed E-state index contributed by atoms with van der Waals surface area (Å²) in [5.41, 5.74) is 3.35. The van der Waals surface area contributed by atoms with E-state index in [4.69, 9.17) is 0 Å². The van der Waals surface area contributed by atoms with Gasteiger partial charge in [0.15, 0.2) is 0 Å². The maximum atomic E-state index is 12.8. The fourth-order valence-corrected chi connectivity index (χ4v) is 3.76. The highest BCUT2D eigenvalue weighted by Gasteiger charge is 2.27. The Morgan fingerprint density at radius 3 is 2.40 bits per heavy atom. The minimum absolute atomic E-state index is 0.0309. The number of para-hydroxylation sites is 1. The zero-order valence-electron chi connectivity index (χ0n) is 16.2. The SMILES string of the molecule is CCc1cccc(CC)c1NC(=O)C(C)N(C)CC1CCCCC1O. The number of amides is 1. The molecule has 0 radical (unpaired) electrons. The summed E-state index contributed by atoms with van der Waals surface area (Å²) in [6, 6.07) is 6.01. The first-order chi connectivity index (χ1) is 12.0. The van der Waals surface area contributed by atoms with Crippen LogP contribution in [0.15, 0.2) is 18.2 Å². The number of carbonyl (C=O) groups is 1. The van der Waals surface area contributed by atoms with E-state index >= 15 is 0 Å². The molecule has 1 fully saturated rings. The zero-order valence-corrected chi connectivity index (χ0v) is 16.2. The van der Waals surface area contributed by atoms with Crippen LogP contribution in [0.4, 0.5) is 5.69 Å². The summed E-state index contributed by atoms with van der Waals surface area (Å²) in [5, 5.41) is 13.3. The van der Waals surface area contributed by atoms with Crippen molar-refractivity contribution in [3.63, 3.8) is 0 Å². The normalized spacial score (nSPS) is 22.0. The summed E-state index contributed by atoms with van der Waals surface area (Å²) >= 11 is 0. The molecule has 3 atom stereocenters. The second-order valence-electron chi connectivity index (χ2n) is 7.38. The average Bonchev–Trinajstić information content (AvgIpc) is 2.62. The molecule has 0 aliphatic heterocycles. The molecule has 0 saturated heterocycles. The van der Waals surface area contributed by atoms with Crippen molar-refractivity contribution in [2.24, 2.45) is 5.92 Å². The van der Waals surface area contributed by atoms with Crippen molar-refractivity contribution in [2.45, 2.75) is 71.4 Å². The Morgan fingerprint density at radius 1 is 1.24 bits per heavy atom. The number of aliphatic hydroxyl groups excluding tert-OH is 1. The predicted molar refractivity (Wildman–Crippen MR) is 104 cm³/mol. The van der Waals surface area contributed by atoms with Crippen LogP contribution in [0.25, 0.3) is 0 Å². The van der Waals surface area contributed by atoms with E-state index in [1.54, 1.807) is 0 Å². The van der Waals surface area contributed by atoms with Crippen LogP contribution in [0.2, 0.25) is 0 Å². The summed E-state index contributed by atoms with van der Waals surface area (Å²) in [4.78, 5) is 14.9. The smallest absolute Gasteiger partial charge is 0.241 e. The number of anilines is 1. The lowest BCUT2D eigenvalue weighted by Crippen LogP contribution is -2.44. The molecule has 1 aliphatic carbocycles. The third-order valence-corrected chi connectivity index (χ3v) is 5.68. The van der Waals surface area contributed by atoms with Crippen molar-refractivity contribution in [1.29, 1.82) is 0 Å². The number of hydrogen-bond donors (Lipinski definition) is 2. The molecule has 4 heteroatoms. The maximum Gasteiger partial charge on any atom is 0.241 e. The first-order valence-electron chi connectivity index (χ1n) is 9.77. The van der Waals surface area contributed by atoms with Gasteiger partial charge in [0.25, 0.3) is 0 Å². The maximum absolute atomic E-state index is 12.8. The molecule has 1 aromatic carbocycles. The first-order valence-corrected chi connectivity index (χ1v) is 9.77. The lowest BCUT2D eigenvalue weighted by Gasteiger charge is -2.33. The second kappa shape index (κ2) is 9.35. The van der Waals surface area contributed by atoms with Crippen molar-refractivity contribution in [3.8, 4) is 0 Å². The van der Waals surface area contributed by atoms with Crippen LogP contribution in [-0.2, 0) is 17.6 Å². The van der Waals surface area contributed by atoms with Crippen molar-refractivity contribution in [2.75, 3.05) is 18.9 Å². The molecule has 1 aliphatic rings. The number of hydrogen-bond acceptors (Lipinski definition) is 3. The van der Waals surface area contributed by atoms with Gasteiger partial charge in [0.05, 0.1) is 12.1 Å². The number of likely N-dealkylation sites (N-methyl/N-ethyl adjacent to an activating group) is 1. The molecule has 0 aromatic heterocycles. The molecular formula is C21H34N2O2. The third kappa shape index (κ3) is 5.05. The largest absolute Gasteiger partial charge is 0.393 e. The fraction of sp³-hybridized carbons (Fsp3) is 0.667. The molecule has 3 unspecified atom stereocenters. The minimum Gasteiger partial charge on any atom is -0.393 e. The molecule has 140 valence electrons. The van der Waals surface area contributed by atoms with Gasteiger partial charge in [-0.25, -0.2) is 0 Å². The molecule has 2 rings (SSSR count). The molecule has 1 amide bonds. The second-order valence-corrected chi connectivity index (χ2v) is 7.38. The molecule has 0 spiro atoms. The highest BCUT2D eigenvalue weighted by atomic mass is 16.3. The van der Waals surface area contributed by atoms with Crippen LogP contribution in [-0.4, -0.2) is 41.7 Å². The van der Waals surface area contributed by atoms with Gasteiger partial charge in [-0.15, -0.1) is 0 Å². The van der Waals surface area contributed by atoms with E-state index in [9.17, 15) is 9.90 Å². The Bertz CT molecular complexity index is 551. The highest BCUT2D eigenvalue weighted by Crippen LogP contribution is 2.26. The monoisotopic (exact) mass is 346 g/mol. The third-order valence-electron chi connectivity index (χ3n) is 5.68. The molecule has 0 heterocycles. The summed E-state index contributed by atoms with van der Waals surface area (Å²) in [6.07, 6.45) is 5.83. The van der Waals surface area contributed by atoms with Gasteiger partial charge in [0, 0.05) is 12.2 Å². The number of aliphatic hydroxyl groups is 1. The van der Waals surface area contributed by atoms with Gasteiger partial charge in [-0.2, -0.15) is 0 Å². The van der Waals surface area contributed by atoms with Crippen LogP contribution in [0.3, 0.4) is 0 Å². The van der Waals surface area contributed by atoms with E-state index in [0.29, 0.717) is 0 Å². The van der Waals surface area contributed by atoms with Gasteiger partial charge >= 0.3 is 0 Å². The van der Waals surface area contributed by atoms with Crippen LogP contribution < -0.4 is 5.32 Å². The number of aryl methyl sites for hydroxylation is 2. The lowest BCUT2D eigenvalue weighted by molar-refractivity contribution is -0.120. The Balaban J connectivity index is 2.02. The van der Waals surface area contributed by atoms with Crippen molar-refractivity contribution in [1.82, 2.24) is 4.90 Å². The van der Waals surface area contributed by atoms with E-state index in [1.165, 1.54) is 17.5 Å². The summed E-state index contributed by atoms with van der Waals surface area (Å²) in [6.45, 7) is 6.95. The predicted octanol–water partition coefficient (Wildman–Crippen LogP) is 3.62. The van der Waals surface area contributed by atoms with Crippen LogP contribution in [0, 0.1) is 5.92 Å². The van der Waals surface area contributed by atoms with Crippen LogP contribution in [0.5, 0.6) is 0 Å². The molecular weight excluding hydrogens is 312 g/mol. The van der Waals surface area contributed by atoms with Gasteiger partial charge in [0.2, 0.25) is 5.91 Å². The molecule has 2 N–H and O–H groups in total. The Hall–Kier alpha value is -1.39. The van der Waals surface area contributed by atoms with Gasteiger partial charge in [-0.1, -0.05) is 44.9 Å². The van der Waals surface area contributed by atoms with Crippen molar-refractivity contribution < 1.29 is 9.90 Å². The van der Waals surface area contributed by atoms with Gasteiger partial charge < -0.3 is 10.4 Å². The van der Waals surface area contributed by atoms with E-state index in [2.05, 4.69) is 42.3 Å². The molecule has 25 heavy (non-hydrogen) atoms. The molecule has 0 bridgehead atoms. The number of benzene rings is 1. The van der Waals surface area contributed by atoms with E-state index < -0.39 is 0 Å². The number of nitrogens with zero attached hydrogens (tertiary/aromatic N) is 1. The fourth-order valence-electron chi connectivity index (χ4n) is 3.76. The molecule has 1 saturated carbocycles. The first kappa shape index (κ1) is 19.9. The Morgan fingerprint density at radius 2 is 1.84 bits per heavy atom. The quantitative estimate of drug-likeness (QED) is 0.793. The van der Waals surface area contributed by atoms with E-state index in [1.807, 2.05) is 14.0 Å². The highest BCUT2D eigenvalue weighted by molar-refractivity contribution is 5.96. The van der Waals surface area contributed by atoms with Crippen molar-refractivity contribution in [3.05, 3.63) is 29.3 Å². The van der Waals surface area contributed by atoms with Gasteiger partial charge in [0.1, 0.15) is 0 Å². The number of rotatable bonds is 7. The summed E-state index contributed by atoms with van der Waals surface area (Å²) < 4.78 is 0. The van der Waals surface area contributed by atoms with Crippen LogP contribution >= 0.6 is 0 Å². The van der Waals surface area contributed by atoms with Crippen molar-refractivity contribution >= 4 is 11.6 Å². The van der Waals surface area contributed by atoms with Gasteiger partial charge in [-0.3, -0.25) is 9.69 Å². The minimum atomic E-state index is -0.223. The molecule has 4 nitrogen and oxygen atoms in total. The van der Waals surface area contributed by atoms with E-state index in [0.717, 1.165) is 44.3 Å². The number of nitrogens with one attached hydrogen (secondary N) is 1. The lowest BCUT2D eigenvalue weighted by atomic mass is 9.86. The van der Waals surface area contributed by atoms with Crippen LogP contribution in [0.1, 0.15) is 57.6 Å². The summed E-state index contributed by atoms with van der Waals surface area (Å²) in [5.74, 6) is 0.312. The molecule has 1 aromatic rings. The Labute approximate surface area is 152 Å². The van der Waals surface area contributed by atoms with E-state index in [-0.39, 0.29) is 24.0 Å². The standard InChI is InChI=1S/C21H34N2O2/c1-5-16-11-9-12-17(6-2)20(16)22-21(25)15(3)23(4)14-18-10-7-8-13-19(18)24/h9,11-12,15,18-19,24H,5-8,10,13-14H2,1-4H3,(H,22,25). The average molecular weight is 347 g/mol. The zero-order chi connectivity index (χ0) is 18.4. The Kier molecular flexibility index (Phi) is 7.45.